The van der Waals surface area contributed by atoms with E-state index in [4.69, 9.17) is 22.1 Å². The molecule has 1 unspecified atom stereocenters. The number of hydrogen-bond acceptors (Lipinski definition) is 5. The molecule has 5 rings (SSSR count). The van der Waals surface area contributed by atoms with Crippen LogP contribution >= 0.6 is 11.3 Å². The van der Waals surface area contributed by atoms with Crippen molar-refractivity contribution in [2.45, 2.75) is 64.0 Å². The summed E-state index contributed by atoms with van der Waals surface area (Å²) in [6.07, 6.45) is 15.2. The lowest BCUT2D eigenvalue weighted by Gasteiger charge is -2.34. The smallest absolute Gasteiger partial charge is 0.146 e. The lowest BCUT2D eigenvalue weighted by Crippen LogP contribution is -2.32. The topological polar surface area (TPSA) is 55.0 Å². The second kappa shape index (κ2) is 8.37. The molecule has 0 aliphatic heterocycles. The minimum Gasteiger partial charge on any atom is -0.383 e. The van der Waals surface area contributed by atoms with Gasteiger partial charge in [0.2, 0.25) is 0 Å². The molecule has 2 N–H and O–H groups in total. The van der Waals surface area contributed by atoms with E-state index in [1.165, 1.54) is 47.3 Å². The number of hydrogen-bond donors (Lipinski definition) is 1. The molecule has 0 spiro atoms. The van der Waals surface area contributed by atoms with Gasteiger partial charge >= 0.3 is 0 Å². The fraction of sp³-hybridized carbons (Fsp3) is 0.440. The summed E-state index contributed by atoms with van der Waals surface area (Å²) in [5.74, 6) is 4.28. The Morgan fingerprint density at radius 2 is 1.97 bits per heavy atom. The van der Waals surface area contributed by atoms with Gasteiger partial charge in [0.05, 0.1) is 18.5 Å². The normalized spacial score (nSPS) is 18.6. The SMILES string of the molecule is C#CCN(Cc1nc(N)c2c3c(sc2n1)CCCCC3)C1CCCc2ccccc21. The monoisotopic (exact) mass is 416 g/mol. The molecule has 1 atom stereocenters. The highest BCUT2D eigenvalue weighted by atomic mass is 32.1. The van der Waals surface area contributed by atoms with Crippen LogP contribution in [0.4, 0.5) is 5.82 Å². The minimum absolute atomic E-state index is 0.312. The number of anilines is 1. The molecule has 3 aromatic rings. The van der Waals surface area contributed by atoms with Crippen molar-refractivity contribution in [2.24, 2.45) is 0 Å². The summed E-state index contributed by atoms with van der Waals surface area (Å²) in [7, 11) is 0. The molecule has 5 heteroatoms. The Bertz CT molecular complexity index is 1110. The van der Waals surface area contributed by atoms with Gasteiger partial charge in [-0.3, -0.25) is 4.90 Å². The number of terminal acetylenes is 1. The average Bonchev–Trinajstić information content (AvgIpc) is 2.95. The zero-order valence-corrected chi connectivity index (χ0v) is 18.2. The Labute approximate surface area is 182 Å². The van der Waals surface area contributed by atoms with Crippen LogP contribution in [0, 0.1) is 12.3 Å². The molecule has 1 aromatic carbocycles. The lowest BCUT2D eigenvalue weighted by atomic mass is 9.87. The van der Waals surface area contributed by atoms with Crippen molar-refractivity contribution >= 4 is 27.4 Å². The fourth-order valence-corrected chi connectivity index (χ4v) is 6.45. The van der Waals surface area contributed by atoms with Gasteiger partial charge in [-0.2, -0.15) is 0 Å². The molecule has 2 aliphatic carbocycles. The largest absolute Gasteiger partial charge is 0.383 e. The van der Waals surface area contributed by atoms with E-state index >= 15 is 0 Å². The van der Waals surface area contributed by atoms with Gasteiger partial charge in [0.1, 0.15) is 16.5 Å². The Morgan fingerprint density at radius 1 is 1.10 bits per heavy atom. The van der Waals surface area contributed by atoms with E-state index in [-0.39, 0.29) is 0 Å². The summed E-state index contributed by atoms with van der Waals surface area (Å²) in [6.45, 7) is 1.22. The number of aryl methyl sites for hydroxylation is 3. The Kier molecular flexibility index (Phi) is 5.45. The maximum absolute atomic E-state index is 6.48. The van der Waals surface area contributed by atoms with Crippen molar-refractivity contribution in [3.8, 4) is 12.3 Å². The molecule has 0 saturated heterocycles. The van der Waals surface area contributed by atoms with Crippen molar-refractivity contribution in [3.05, 3.63) is 51.7 Å². The Balaban J connectivity index is 1.48. The van der Waals surface area contributed by atoms with E-state index in [0.29, 0.717) is 24.9 Å². The Morgan fingerprint density at radius 3 is 2.87 bits per heavy atom. The highest BCUT2D eigenvalue weighted by Crippen LogP contribution is 2.38. The molecule has 2 heterocycles. The number of nitrogens with zero attached hydrogens (tertiary/aromatic N) is 3. The van der Waals surface area contributed by atoms with Crippen molar-refractivity contribution in [1.82, 2.24) is 14.9 Å². The fourth-order valence-electron chi connectivity index (χ4n) is 5.16. The molecular weight excluding hydrogens is 388 g/mol. The van der Waals surface area contributed by atoms with Crippen molar-refractivity contribution in [3.63, 3.8) is 0 Å². The lowest BCUT2D eigenvalue weighted by molar-refractivity contribution is 0.188. The van der Waals surface area contributed by atoms with Gasteiger partial charge in [-0.05, 0) is 61.6 Å². The first kappa shape index (κ1) is 19.5. The molecule has 2 aromatic heterocycles. The van der Waals surface area contributed by atoms with Crippen LogP contribution in [-0.4, -0.2) is 21.4 Å². The number of rotatable bonds is 4. The Hall–Kier alpha value is -2.42. The zero-order chi connectivity index (χ0) is 20.5. The molecule has 0 bridgehead atoms. The average molecular weight is 417 g/mol. The van der Waals surface area contributed by atoms with E-state index in [1.54, 1.807) is 0 Å². The maximum Gasteiger partial charge on any atom is 0.146 e. The van der Waals surface area contributed by atoms with Gasteiger partial charge < -0.3 is 5.73 Å². The molecule has 4 nitrogen and oxygen atoms in total. The second-order valence-corrected chi connectivity index (χ2v) is 9.57. The van der Waals surface area contributed by atoms with E-state index in [2.05, 4.69) is 35.1 Å². The van der Waals surface area contributed by atoms with Crippen LogP contribution in [0.25, 0.3) is 10.2 Å². The predicted molar refractivity (Wildman–Crippen MR) is 124 cm³/mol. The number of benzene rings is 1. The molecule has 154 valence electrons. The van der Waals surface area contributed by atoms with Crippen LogP contribution in [0.3, 0.4) is 0 Å². The van der Waals surface area contributed by atoms with Gasteiger partial charge in [0.25, 0.3) is 0 Å². The van der Waals surface area contributed by atoms with E-state index in [9.17, 15) is 0 Å². The highest BCUT2D eigenvalue weighted by Gasteiger charge is 2.27. The molecular formula is C25H28N4S. The summed E-state index contributed by atoms with van der Waals surface area (Å²) in [4.78, 5) is 14.6. The molecule has 0 radical (unpaired) electrons. The first-order valence-electron chi connectivity index (χ1n) is 11.1. The van der Waals surface area contributed by atoms with Crippen molar-refractivity contribution in [2.75, 3.05) is 12.3 Å². The van der Waals surface area contributed by atoms with Crippen LogP contribution in [-0.2, 0) is 25.8 Å². The van der Waals surface area contributed by atoms with Gasteiger partial charge in [0.15, 0.2) is 0 Å². The zero-order valence-electron chi connectivity index (χ0n) is 17.4. The number of nitrogens with two attached hydrogens (primary N) is 1. The van der Waals surface area contributed by atoms with Crippen molar-refractivity contribution < 1.29 is 0 Å². The number of fused-ring (bicyclic) bond motifs is 4. The quantitative estimate of drug-likeness (QED) is 0.477. The summed E-state index contributed by atoms with van der Waals surface area (Å²) in [5, 5.41) is 1.10. The maximum atomic E-state index is 6.48. The highest BCUT2D eigenvalue weighted by molar-refractivity contribution is 7.19. The summed E-state index contributed by atoms with van der Waals surface area (Å²) in [5.41, 5.74) is 10.7. The predicted octanol–water partition coefficient (Wildman–Crippen LogP) is 5.06. The first-order valence-corrected chi connectivity index (χ1v) is 11.9. The first-order chi connectivity index (χ1) is 14.7. The van der Waals surface area contributed by atoms with Gasteiger partial charge in [-0.25, -0.2) is 9.97 Å². The molecule has 2 aliphatic rings. The van der Waals surface area contributed by atoms with Crippen molar-refractivity contribution in [1.29, 1.82) is 0 Å². The van der Waals surface area contributed by atoms with Gasteiger partial charge in [0, 0.05) is 10.9 Å². The molecule has 0 fully saturated rings. The molecule has 0 saturated carbocycles. The molecule has 0 amide bonds. The van der Waals surface area contributed by atoms with Gasteiger partial charge in [-0.15, -0.1) is 17.8 Å². The van der Waals surface area contributed by atoms with Gasteiger partial charge in [-0.1, -0.05) is 36.6 Å². The van der Waals surface area contributed by atoms with Crippen LogP contribution < -0.4 is 5.73 Å². The number of nitrogen functional groups attached to an aromatic ring is 1. The third-order valence-electron chi connectivity index (χ3n) is 6.56. The summed E-state index contributed by atoms with van der Waals surface area (Å²) in [6, 6.07) is 9.06. The van der Waals surface area contributed by atoms with Crippen LogP contribution in [0.15, 0.2) is 24.3 Å². The third-order valence-corrected chi connectivity index (χ3v) is 7.74. The third kappa shape index (κ3) is 3.59. The van der Waals surface area contributed by atoms with Crippen LogP contribution in [0.2, 0.25) is 0 Å². The molecule has 30 heavy (non-hydrogen) atoms. The standard InChI is InChI=1S/C25H28N4S/c1-2-15-29(20-13-8-10-17-9-6-7-11-18(17)20)16-22-27-24(26)23-19-12-4-3-5-14-21(19)30-25(23)28-22/h1,6-7,9,11,20H,3-5,8,10,12-16H2,(H2,26,27,28). The second-order valence-electron chi connectivity index (χ2n) is 8.49. The van der Waals surface area contributed by atoms with E-state index in [0.717, 1.165) is 41.7 Å². The number of aromatic nitrogens is 2. The van der Waals surface area contributed by atoms with E-state index in [1.807, 2.05) is 11.3 Å². The summed E-state index contributed by atoms with van der Waals surface area (Å²) >= 11 is 1.82. The van der Waals surface area contributed by atoms with Crippen LogP contribution in [0.1, 0.15) is 65.5 Å². The van der Waals surface area contributed by atoms with Crippen LogP contribution in [0.5, 0.6) is 0 Å². The van der Waals surface area contributed by atoms with E-state index < -0.39 is 0 Å². The minimum atomic E-state index is 0.312. The summed E-state index contributed by atoms with van der Waals surface area (Å²) < 4.78 is 0. The number of thiophene rings is 1.